The molecule has 6 heteroatoms. The van der Waals surface area contributed by atoms with Gasteiger partial charge < -0.3 is 14.6 Å². The van der Waals surface area contributed by atoms with Crippen molar-refractivity contribution in [1.82, 2.24) is 14.9 Å². The first-order chi connectivity index (χ1) is 14.2. The highest BCUT2D eigenvalue weighted by molar-refractivity contribution is 5.96. The third-order valence-electron chi connectivity index (χ3n) is 4.81. The molecule has 0 atom stereocenters. The van der Waals surface area contributed by atoms with E-state index in [2.05, 4.69) is 5.32 Å². The highest BCUT2D eigenvalue weighted by atomic mass is 16.5. The van der Waals surface area contributed by atoms with Crippen molar-refractivity contribution in [3.05, 3.63) is 66.0 Å². The van der Waals surface area contributed by atoms with Crippen LogP contribution in [0.2, 0.25) is 0 Å². The van der Waals surface area contributed by atoms with Gasteiger partial charge in [0.05, 0.1) is 17.6 Å². The van der Waals surface area contributed by atoms with Gasteiger partial charge in [0.25, 0.3) is 0 Å². The third kappa shape index (κ3) is 5.74. The van der Waals surface area contributed by atoms with Crippen LogP contribution in [0.15, 0.2) is 54.6 Å². The van der Waals surface area contributed by atoms with Gasteiger partial charge in [0.15, 0.2) is 5.78 Å². The number of amides is 1. The van der Waals surface area contributed by atoms with Crippen molar-refractivity contribution in [3.63, 3.8) is 0 Å². The zero-order chi connectivity index (χ0) is 20.5. The molecule has 0 aliphatic heterocycles. The summed E-state index contributed by atoms with van der Waals surface area (Å²) in [6, 6.07) is 17.3. The summed E-state index contributed by atoms with van der Waals surface area (Å²) < 4.78 is 6.83. The van der Waals surface area contributed by atoms with Crippen molar-refractivity contribution < 1.29 is 14.3 Å². The van der Waals surface area contributed by atoms with Crippen LogP contribution in [0.25, 0.3) is 11.0 Å². The highest BCUT2D eigenvalue weighted by Gasteiger charge is 2.14. The summed E-state index contributed by atoms with van der Waals surface area (Å²) in [5.74, 6) is 0.920. The van der Waals surface area contributed by atoms with Crippen LogP contribution < -0.4 is 5.32 Å². The molecule has 0 radical (unpaired) electrons. The second-order valence-corrected chi connectivity index (χ2v) is 6.99. The molecule has 0 saturated carbocycles. The molecule has 152 valence electrons. The number of para-hydroxylation sites is 2. The zero-order valence-corrected chi connectivity index (χ0v) is 16.8. The van der Waals surface area contributed by atoms with Crippen LogP contribution >= 0.6 is 0 Å². The average molecular weight is 393 g/mol. The molecule has 1 N–H and O–H groups in total. The van der Waals surface area contributed by atoms with E-state index in [1.807, 2.05) is 59.2 Å². The third-order valence-corrected chi connectivity index (χ3v) is 4.81. The quantitative estimate of drug-likeness (QED) is 0.400. The minimum absolute atomic E-state index is 0.0795. The Morgan fingerprint density at radius 3 is 2.55 bits per heavy atom. The Morgan fingerprint density at radius 1 is 1.00 bits per heavy atom. The normalized spacial score (nSPS) is 10.9. The van der Waals surface area contributed by atoms with E-state index in [9.17, 15) is 9.59 Å². The number of aryl methyl sites for hydroxylation is 1. The fourth-order valence-corrected chi connectivity index (χ4v) is 3.35. The molecule has 1 amide bonds. The Balaban J connectivity index is 1.61. The molecule has 0 spiro atoms. The van der Waals surface area contributed by atoms with Crippen LogP contribution in [0, 0.1) is 0 Å². The molecule has 0 bridgehead atoms. The molecule has 0 aliphatic rings. The van der Waals surface area contributed by atoms with Gasteiger partial charge in [0.2, 0.25) is 5.91 Å². The van der Waals surface area contributed by atoms with Gasteiger partial charge in [0.1, 0.15) is 12.4 Å². The number of carbonyl (C=O) groups is 2. The molecular weight excluding hydrogens is 366 g/mol. The van der Waals surface area contributed by atoms with Crippen LogP contribution in [0.5, 0.6) is 0 Å². The first-order valence-electron chi connectivity index (χ1n) is 9.97. The Hall–Kier alpha value is -2.99. The second-order valence-electron chi connectivity index (χ2n) is 6.99. The maximum Gasteiger partial charge on any atom is 0.245 e. The lowest BCUT2D eigenvalue weighted by Crippen LogP contribution is -2.27. The van der Waals surface area contributed by atoms with Gasteiger partial charge in [-0.3, -0.25) is 9.59 Å². The summed E-state index contributed by atoms with van der Waals surface area (Å²) in [4.78, 5) is 28.9. The number of hydrogen-bond acceptors (Lipinski definition) is 4. The number of ether oxygens (including phenoxy) is 1. The van der Waals surface area contributed by atoms with E-state index in [4.69, 9.17) is 9.72 Å². The Kier molecular flexibility index (Phi) is 7.53. The number of rotatable bonds is 11. The number of methoxy groups -OCH3 is 1. The van der Waals surface area contributed by atoms with Crippen LogP contribution in [0.3, 0.4) is 0 Å². The maximum atomic E-state index is 12.7. The average Bonchev–Trinajstić information content (AvgIpc) is 3.09. The maximum absolute atomic E-state index is 12.7. The molecule has 0 saturated heterocycles. The van der Waals surface area contributed by atoms with Gasteiger partial charge in [-0.05, 0) is 25.0 Å². The number of nitrogens with zero attached hydrogens (tertiary/aromatic N) is 2. The van der Waals surface area contributed by atoms with Crippen molar-refractivity contribution >= 4 is 22.7 Å². The van der Waals surface area contributed by atoms with Crippen LogP contribution in [-0.4, -0.2) is 41.5 Å². The Morgan fingerprint density at radius 2 is 1.76 bits per heavy atom. The lowest BCUT2D eigenvalue weighted by molar-refractivity contribution is -0.124. The summed E-state index contributed by atoms with van der Waals surface area (Å²) in [5, 5.41) is 2.83. The topological polar surface area (TPSA) is 73.2 Å². The number of nitrogens with one attached hydrogen (secondary N) is 1. The number of Topliss-reactive ketones (excluding diaryl/α,β-unsaturated/α-hetero) is 1. The van der Waals surface area contributed by atoms with Gasteiger partial charge in [-0.2, -0.15) is 0 Å². The van der Waals surface area contributed by atoms with Crippen LogP contribution in [0.1, 0.15) is 35.4 Å². The van der Waals surface area contributed by atoms with Gasteiger partial charge in [-0.15, -0.1) is 0 Å². The minimum atomic E-state index is -0.0892. The molecule has 6 nitrogen and oxygen atoms in total. The van der Waals surface area contributed by atoms with Gasteiger partial charge >= 0.3 is 0 Å². The Bertz CT molecular complexity index is 950. The van der Waals surface area contributed by atoms with E-state index in [0.29, 0.717) is 12.1 Å². The van der Waals surface area contributed by atoms with Gasteiger partial charge in [-0.1, -0.05) is 48.9 Å². The van der Waals surface area contributed by atoms with Crippen molar-refractivity contribution in [2.45, 2.75) is 32.2 Å². The largest absolute Gasteiger partial charge is 0.375 e. The van der Waals surface area contributed by atoms with Gasteiger partial charge in [-0.25, -0.2) is 4.98 Å². The summed E-state index contributed by atoms with van der Waals surface area (Å²) in [6.45, 7) is 1.03. The molecule has 3 aromatic rings. The van der Waals surface area contributed by atoms with E-state index in [-0.39, 0.29) is 24.8 Å². The summed E-state index contributed by atoms with van der Waals surface area (Å²) in [7, 11) is 1.51. The van der Waals surface area contributed by atoms with Crippen LogP contribution in [-0.2, 0) is 22.5 Å². The summed E-state index contributed by atoms with van der Waals surface area (Å²) >= 11 is 0. The van der Waals surface area contributed by atoms with E-state index in [0.717, 1.165) is 42.5 Å². The van der Waals surface area contributed by atoms with Gasteiger partial charge in [0, 0.05) is 25.6 Å². The molecular formula is C23H27N3O3. The zero-order valence-electron chi connectivity index (χ0n) is 16.8. The number of unbranched alkanes of at least 4 members (excludes halogenated alkanes) is 2. The molecule has 0 fully saturated rings. The van der Waals surface area contributed by atoms with E-state index >= 15 is 0 Å². The first-order valence-corrected chi connectivity index (χ1v) is 9.97. The predicted octanol–water partition coefficient (Wildman–Crippen LogP) is 3.39. The summed E-state index contributed by atoms with van der Waals surface area (Å²) in [5.41, 5.74) is 2.61. The Labute approximate surface area is 170 Å². The highest BCUT2D eigenvalue weighted by Crippen LogP contribution is 2.19. The van der Waals surface area contributed by atoms with Crippen molar-refractivity contribution in [1.29, 1.82) is 0 Å². The number of ketones is 1. The molecule has 1 heterocycles. The lowest BCUT2D eigenvalue weighted by atomic mass is 10.1. The number of fused-ring (bicyclic) bond motifs is 1. The number of benzene rings is 2. The van der Waals surface area contributed by atoms with Crippen molar-refractivity contribution in [3.8, 4) is 0 Å². The SMILES string of the molecule is COCC(=O)NCCCCCc1nc2ccccc2n1CC(=O)c1ccccc1. The lowest BCUT2D eigenvalue weighted by Gasteiger charge is -2.09. The standard InChI is InChI=1S/C23H27N3O3/c1-29-17-23(28)24-15-9-3-6-14-22-25-19-12-7-8-13-20(19)26(22)16-21(27)18-10-4-2-5-11-18/h2,4-5,7-8,10-13H,3,6,9,14-17H2,1H3,(H,24,28). The number of carbonyl (C=O) groups excluding carboxylic acids is 2. The van der Waals surface area contributed by atoms with Crippen molar-refractivity contribution in [2.24, 2.45) is 0 Å². The van der Waals surface area contributed by atoms with E-state index in [1.54, 1.807) is 0 Å². The fraction of sp³-hybridized carbons (Fsp3) is 0.348. The molecule has 1 aromatic heterocycles. The number of hydrogen-bond donors (Lipinski definition) is 1. The monoisotopic (exact) mass is 393 g/mol. The van der Waals surface area contributed by atoms with Crippen LogP contribution in [0.4, 0.5) is 0 Å². The number of imidazole rings is 1. The molecule has 2 aromatic carbocycles. The minimum Gasteiger partial charge on any atom is -0.375 e. The van der Waals surface area contributed by atoms with Crippen molar-refractivity contribution in [2.75, 3.05) is 20.3 Å². The predicted molar refractivity (Wildman–Crippen MR) is 113 cm³/mol. The first kappa shape index (κ1) is 20.7. The fourth-order valence-electron chi connectivity index (χ4n) is 3.35. The molecule has 0 aliphatic carbocycles. The second kappa shape index (κ2) is 10.5. The molecule has 3 rings (SSSR count). The van der Waals surface area contributed by atoms with E-state index in [1.165, 1.54) is 7.11 Å². The smallest absolute Gasteiger partial charge is 0.245 e. The number of aromatic nitrogens is 2. The van der Waals surface area contributed by atoms with E-state index < -0.39 is 0 Å². The molecule has 0 unspecified atom stereocenters. The summed E-state index contributed by atoms with van der Waals surface area (Å²) in [6.07, 6.45) is 3.62. The molecule has 29 heavy (non-hydrogen) atoms.